The second-order valence-electron chi connectivity index (χ2n) is 6.50. The Kier molecular flexibility index (Phi) is 4.79. The number of nitrogens with zero attached hydrogens (tertiary/aromatic N) is 1. The SMILES string of the molecule is CC(=O)c1c(C#Cc2ccccc2)c2ccccc2n1S(=O)(=O)c1ccccc1. The number of ketones is 1. The molecule has 0 atom stereocenters. The van der Waals surface area contributed by atoms with Gasteiger partial charge in [-0.15, -0.1) is 0 Å². The lowest BCUT2D eigenvalue weighted by atomic mass is 10.1. The smallest absolute Gasteiger partial charge is 0.268 e. The van der Waals surface area contributed by atoms with Gasteiger partial charge in [-0.1, -0.05) is 66.4 Å². The van der Waals surface area contributed by atoms with Crippen molar-refractivity contribution in [3.8, 4) is 11.8 Å². The molecular weight excluding hydrogens is 382 g/mol. The fraction of sp³-hybridized carbons (Fsp3) is 0.0417. The molecule has 3 aromatic carbocycles. The van der Waals surface area contributed by atoms with Crippen LogP contribution in [0.5, 0.6) is 0 Å². The van der Waals surface area contributed by atoms with Gasteiger partial charge in [0, 0.05) is 17.9 Å². The lowest BCUT2D eigenvalue weighted by molar-refractivity contribution is 0.101. The first kappa shape index (κ1) is 18.7. The summed E-state index contributed by atoms with van der Waals surface area (Å²) in [5.74, 6) is 5.72. The van der Waals surface area contributed by atoms with Crippen molar-refractivity contribution >= 4 is 26.7 Å². The van der Waals surface area contributed by atoms with Gasteiger partial charge in [-0.3, -0.25) is 4.79 Å². The molecule has 1 heterocycles. The predicted molar refractivity (Wildman–Crippen MR) is 113 cm³/mol. The normalized spacial score (nSPS) is 11.1. The molecular formula is C24H17NO3S. The van der Waals surface area contributed by atoms with Crippen LogP contribution in [-0.4, -0.2) is 18.2 Å². The third-order valence-corrected chi connectivity index (χ3v) is 6.28. The van der Waals surface area contributed by atoms with E-state index in [0.29, 0.717) is 16.5 Å². The van der Waals surface area contributed by atoms with Crippen molar-refractivity contribution in [1.29, 1.82) is 0 Å². The molecule has 4 aromatic rings. The van der Waals surface area contributed by atoms with E-state index in [1.807, 2.05) is 30.3 Å². The van der Waals surface area contributed by atoms with Gasteiger partial charge in [-0.05, 0) is 30.3 Å². The van der Waals surface area contributed by atoms with E-state index in [1.54, 1.807) is 42.5 Å². The summed E-state index contributed by atoms with van der Waals surface area (Å²) < 4.78 is 28.0. The molecule has 0 radical (unpaired) electrons. The number of aromatic nitrogens is 1. The van der Waals surface area contributed by atoms with Crippen LogP contribution in [0.4, 0.5) is 0 Å². The van der Waals surface area contributed by atoms with Crippen LogP contribution in [0.15, 0.2) is 89.8 Å². The van der Waals surface area contributed by atoms with Gasteiger partial charge in [0.2, 0.25) is 0 Å². The van der Waals surface area contributed by atoms with E-state index in [-0.39, 0.29) is 16.4 Å². The summed E-state index contributed by atoms with van der Waals surface area (Å²) in [5, 5.41) is 0.626. The molecule has 0 saturated carbocycles. The molecule has 142 valence electrons. The molecule has 4 nitrogen and oxygen atoms in total. The van der Waals surface area contributed by atoms with Crippen molar-refractivity contribution in [1.82, 2.24) is 3.97 Å². The Balaban J connectivity index is 2.06. The summed E-state index contributed by atoms with van der Waals surface area (Å²) >= 11 is 0. The number of hydrogen-bond donors (Lipinski definition) is 0. The lowest BCUT2D eigenvalue weighted by Crippen LogP contribution is -2.18. The summed E-state index contributed by atoms with van der Waals surface area (Å²) in [5.41, 5.74) is 1.69. The molecule has 0 saturated heterocycles. The fourth-order valence-electron chi connectivity index (χ4n) is 3.26. The van der Waals surface area contributed by atoms with Crippen molar-refractivity contribution in [2.75, 3.05) is 0 Å². The number of rotatable bonds is 3. The third-order valence-electron chi connectivity index (χ3n) is 4.55. The molecule has 0 aliphatic heterocycles. The summed E-state index contributed by atoms with van der Waals surface area (Å²) in [6.45, 7) is 1.36. The van der Waals surface area contributed by atoms with Crippen molar-refractivity contribution in [3.05, 3.63) is 102 Å². The van der Waals surface area contributed by atoms with E-state index >= 15 is 0 Å². The van der Waals surface area contributed by atoms with Gasteiger partial charge in [0.25, 0.3) is 10.0 Å². The maximum Gasteiger partial charge on any atom is 0.268 e. The first-order valence-electron chi connectivity index (χ1n) is 9.02. The van der Waals surface area contributed by atoms with Gasteiger partial charge in [-0.2, -0.15) is 0 Å². The molecule has 0 aliphatic rings. The maximum atomic E-state index is 13.4. The van der Waals surface area contributed by atoms with E-state index in [2.05, 4.69) is 11.8 Å². The van der Waals surface area contributed by atoms with Gasteiger partial charge >= 0.3 is 0 Å². The second-order valence-corrected chi connectivity index (χ2v) is 8.28. The van der Waals surface area contributed by atoms with Crippen LogP contribution < -0.4 is 0 Å². The standard InChI is InChI=1S/C24H17NO3S/c1-18(26)24-22(17-16-19-10-4-2-5-11-19)21-14-8-9-15-23(21)25(24)29(27,28)20-12-6-3-7-13-20/h2-15H,1H3. The van der Waals surface area contributed by atoms with Crippen LogP contribution in [0.2, 0.25) is 0 Å². The Labute approximate surface area is 169 Å². The first-order chi connectivity index (χ1) is 14.0. The lowest BCUT2D eigenvalue weighted by Gasteiger charge is -2.10. The van der Waals surface area contributed by atoms with Gasteiger partial charge in [-0.25, -0.2) is 12.4 Å². The summed E-state index contributed by atoms with van der Waals surface area (Å²) in [4.78, 5) is 12.7. The quantitative estimate of drug-likeness (QED) is 0.377. The number of carbonyl (C=O) groups excluding carboxylic acids is 1. The van der Waals surface area contributed by atoms with Gasteiger partial charge in [0.05, 0.1) is 16.0 Å². The number of hydrogen-bond acceptors (Lipinski definition) is 3. The number of para-hydroxylation sites is 1. The largest absolute Gasteiger partial charge is 0.293 e. The van der Waals surface area contributed by atoms with Gasteiger partial charge in [0.15, 0.2) is 5.78 Å². The molecule has 0 aliphatic carbocycles. The highest BCUT2D eigenvalue weighted by Gasteiger charge is 2.28. The zero-order valence-corrected chi connectivity index (χ0v) is 16.5. The Morgan fingerprint density at radius 1 is 0.793 bits per heavy atom. The van der Waals surface area contributed by atoms with Crippen molar-refractivity contribution in [2.24, 2.45) is 0 Å². The Morgan fingerprint density at radius 3 is 2.03 bits per heavy atom. The van der Waals surface area contributed by atoms with Gasteiger partial charge < -0.3 is 0 Å². The van der Waals surface area contributed by atoms with E-state index in [1.165, 1.54) is 19.1 Å². The third kappa shape index (κ3) is 3.35. The summed E-state index contributed by atoms with van der Waals surface area (Å²) in [6.07, 6.45) is 0. The topological polar surface area (TPSA) is 56.1 Å². The van der Waals surface area contributed by atoms with Crippen molar-refractivity contribution in [3.63, 3.8) is 0 Å². The van der Waals surface area contributed by atoms with E-state index in [0.717, 1.165) is 9.54 Å². The molecule has 4 rings (SSSR count). The monoisotopic (exact) mass is 399 g/mol. The van der Waals surface area contributed by atoms with E-state index in [9.17, 15) is 13.2 Å². The average molecular weight is 399 g/mol. The van der Waals surface area contributed by atoms with Crippen LogP contribution in [-0.2, 0) is 10.0 Å². The predicted octanol–water partition coefficient (Wildman–Crippen LogP) is 4.48. The Hall–Kier alpha value is -3.62. The minimum atomic E-state index is -3.98. The Morgan fingerprint density at radius 2 is 1.38 bits per heavy atom. The highest BCUT2D eigenvalue weighted by Crippen LogP contribution is 2.30. The van der Waals surface area contributed by atoms with Crippen LogP contribution >= 0.6 is 0 Å². The molecule has 5 heteroatoms. The van der Waals surface area contributed by atoms with Crippen LogP contribution in [0, 0.1) is 11.8 Å². The molecule has 1 aromatic heterocycles. The molecule has 0 bridgehead atoms. The highest BCUT2D eigenvalue weighted by molar-refractivity contribution is 7.90. The molecule has 29 heavy (non-hydrogen) atoms. The number of Topliss-reactive ketones (excluding diaryl/α,β-unsaturated/α-hetero) is 1. The number of fused-ring (bicyclic) bond motifs is 1. The molecule has 0 unspecified atom stereocenters. The summed E-state index contributed by atoms with van der Waals surface area (Å²) in [7, 11) is -3.98. The molecule has 0 amide bonds. The first-order valence-corrected chi connectivity index (χ1v) is 10.5. The summed E-state index contributed by atoms with van der Waals surface area (Å²) in [6, 6.07) is 24.5. The van der Waals surface area contributed by atoms with Crippen LogP contribution in [0.1, 0.15) is 28.5 Å². The highest BCUT2D eigenvalue weighted by atomic mass is 32.2. The zero-order chi connectivity index (χ0) is 20.4. The molecule has 0 fully saturated rings. The van der Waals surface area contributed by atoms with Crippen LogP contribution in [0.3, 0.4) is 0 Å². The second kappa shape index (κ2) is 7.42. The Bertz CT molecular complexity index is 1370. The number of benzene rings is 3. The minimum Gasteiger partial charge on any atom is -0.293 e. The van der Waals surface area contributed by atoms with Crippen molar-refractivity contribution < 1.29 is 13.2 Å². The maximum absolute atomic E-state index is 13.4. The minimum absolute atomic E-state index is 0.0680. The van der Waals surface area contributed by atoms with E-state index < -0.39 is 10.0 Å². The van der Waals surface area contributed by atoms with Gasteiger partial charge in [0.1, 0.15) is 5.69 Å². The zero-order valence-electron chi connectivity index (χ0n) is 15.7. The molecule has 0 spiro atoms. The van der Waals surface area contributed by atoms with E-state index in [4.69, 9.17) is 0 Å². The van der Waals surface area contributed by atoms with Crippen LogP contribution in [0.25, 0.3) is 10.9 Å². The molecule has 0 N–H and O–H groups in total. The van der Waals surface area contributed by atoms with Crippen molar-refractivity contribution in [2.45, 2.75) is 11.8 Å². The fourth-order valence-corrected chi connectivity index (χ4v) is 4.85. The number of carbonyl (C=O) groups is 1. The average Bonchev–Trinajstić information content (AvgIpc) is 3.09.